The molecule has 2 rings (SSSR count). The summed E-state index contributed by atoms with van der Waals surface area (Å²) in [6, 6.07) is 7.28. The van der Waals surface area contributed by atoms with Crippen LogP contribution in [0.4, 0.5) is 10.1 Å². The average Bonchev–Trinajstić information content (AvgIpc) is 2.66. The van der Waals surface area contributed by atoms with E-state index in [1.807, 2.05) is 12.1 Å². The minimum atomic E-state index is -0.193. The summed E-state index contributed by atoms with van der Waals surface area (Å²) in [5.74, 6) is 0.401. The molecule has 1 aromatic carbocycles. The van der Waals surface area contributed by atoms with Gasteiger partial charge in [0, 0.05) is 39.3 Å². The quantitative estimate of drug-likeness (QED) is 0.355. The molecule has 1 saturated heterocycles. The van der Waals surface area contributed by atoms with Gasteiger partial charge in [0.25, 0.3) is 0 Å². The molecule has 2 atom stereocenters. The molecule has 1 amide bonds. The number of para-hydroxylation sites is 1. The third kappa shape index (κ3) is 7.44. The second kappa shape index (κ2) is 12.1. The van der Waals surface area contributed by atoms with Crippen molar-refractivity contribution in [2.24, 2.45) is 4.99 Å². The van der Waals surface area contributed by atoms with Crippen LogP contribution in [0.15, 0.2) is 29.3 Å². The lowest BCUT2D eigenvalue weighted by Crippen LogP contribution is -2.53. The molecular formula is C20H33FIN5O. The number of hydrogen-bond donors (Lipinski definition) is 2. The fourth-order valence-electron chi connectivity index (χ4n) is 2.97. The van der Waals surface area contributed by atoms with Gasteiger partial charge in [0.05, 0.1) is 5.69 Å². The van der Waals surface area contributed by atoms with E-state index in [0.29, 0.717) is 18.2 Å². The summed E-state index contributed by atoms with van der Waals surface area (Å²) < 4.78 is 14.1. The molecule has 0 aliphatic carbocycles. The van der Waals surface area contributed by atoms with Crippen molar-refractivity contribution in [2.75, 3.05) is 38.6 Å². The Morgan fingerprint density at radius 2 is 2.11 bits per heavy atom. The monoisotopic (exact) mass is 505 g/mol. The molecule has 0 spiro atoms. The van der Waals surface area contributed by atoms with Crippen LogP contribution in [0.5, 0.6) is 0 Å². The zero-order valence-electron chi connectivity index (χ0n) is 17.2. The average molecular weight is 505 g/mol. The number of benzene rings is 1. The molecule has 0 radical (unpaired) electrons. The molecule has 8 heteroatoms. The maximum absolute atomic E-state index is 14.1. The van der Waals surface area contributed by atoms with Gasteiger partial charge in [-0.1, -0.05) is 19.1 Å². The molecular weight excluding hydrogens is 472 g/mol. The van der Waals surface area contributed by atoms with Gasteiger partial charge in [-0.05, 0) is 38.3 Å². The highest BCUT2D eigenvalue weighted by atomic mass is 127. The van der Waals surface area contributed by atoms with Crippen molar-refractivity contribution in [1.29, 1.82) is 0 Å². The molecule has 1 heterocycles. The number of carbonyl (C=O) groups is 1. The lowest BCUT2D eigenvalue weighted by atomic mass is 10.0. The Bertz CT molecular complexity index is 655. The van der Waals surface area contributed by atoms with Crippen LogP contribution < -0.4 is 15.5 Å². The SMILES string of the molecule is CCC(C)NC(=NCC(=O)N(C)C)NC1CCCN(c2ccccc2F)C1.I. The normalized spacial score (nSPS) is 18.1. The van der Waals surface area contributed by atoms with E-state index < -0.39 is 0 Å². The fourth-order valence-corrected chi connectivity index (χ4v) is 2.97. The number of aliphatic imine (C=N–C) groups is 1. The molecule has 2 N–H and O–H groups in total. The summed E-state index contributed by atoms with van der Waals surface area (Å²) >= 11 is 0. The number of halogens is 2. The zero-order valence-corrected chi connectivity index (χ0v) is 19.6. The Hall–Kier alpha value is -1.58. The standard InChI is InChI=1S/C20H32FN5O.HI/c1-5-15(2)23-20(22-13-19(27)25(3)4)24-16-9-8-12-26(14-16)18-11-7-6-10-17(18)21;/h6-7,10-11,15-16H,5,8-9,12-14H2,1-4H3,(H2,22,23,24);1H. The van der Waals surface area contributed by atoms with E-state index in [-0.39, 0.29) is 54.3 Å². The summed E-state index contributed by atoms with van der Waals surface area (Å²) in [4.78, 5) is 19.9. The topological polar surface area (TPSA) is 60.0 Å². The molecule has 1 aromatic rings. The molecule has 2 unspecified atom stereocenters. The minimum Gasteiger partial charge on any atom is -0.367 e. The smallest absolute Gasteiger partial charge is 0.243 e. The van der Waals surface area contributed by atoms with E-state index in [1.165, 1.54) is 11.0 Å². The highest BCUT2D eigenvalue weighted by Crippen LogP contribution is 2.22. The van der Waals surface area contributed by atoms with E-state index in [4.69, 9.17) is 0 Å². The van der Waals surface area contributed by atoms with E-state index >= 15 is 0 Å². The Kier molecular flexibility index (Phi) is 10.6. The van der Waals surface area contributed by atoms with E-state index in [1.54, 1.807) is 20.2 Å². The van der Waals surface area contributed by atoms with E-state index in [2.05, 4.69) is 34.4 Å². The summed E-state index contributed by atoms with van der Waals surface area (Å²) in [5, 5.41) is 6.79. The molecule has 6 nitrogen and oxygen atoms in total. The summed E-state index contributed by atoms with van der Waals surface area (Å²) in [6.45, 7) is 5.81. The van der Waals surface area contributed by atoms with Gasteiger partial charge in [-0.15, -0.1) is 24.0 Å². The Labute approximate surface area is 185 Å². The van der Waals surface area contributed by atoms with Crippen LogP contribution >= 0.6 is 24.0 Å². The molecule has 1 fully saturated rings. The van der Waals surface area contributed by atoms with Crippen molar-refractivity contribution in [3.8, 4) is 0 Å². The summed E-state index contributed by atoms with van der Waals surface area (Å²) in [6.07, 6.45) is 2.90. The predicted molar refractivity (Wildman–Crippen MR) is 124 cm³/mol. The first kappa shape index (κ1) is 24.5. The van der Waals surface area contributed by atoms with Gasteiger partial charge in [0.15, 0.2) is 5.96 Å². The number of anilines is 1. The molecule has 1 aliphatic rings. The van der Waals surface area contributed by atoms with Crippen molar-refractivity contribution in [1.82, 2.24) is 15.5 Å². The van der Waals surface area contributed by atoms with Crippen molar-refractivity contribution in [3.63, 3.8) is 0 Å². The number of hydrogen-bond acceptors (Lipinski definition) is 3. The predicted octanol–water partition coefficient (Wildman–Crippen LogP) is 2.83. The van der Waals surface area contributed by atoms with Gasteiger partial charge >= 0.3 is 0 Å². The maximum atomic E-state index is 14.1. The number of likely N-dealkylation sites (N-methyl/N-ethyl adjacent to an activating group) is 1. The Morgan fingerprint density at radius 1 is 1.39 bits per heavy atom. The molecule has 158 valence electrons. The van der Waals surface area contributed by atoms with Crippen LogP contribution in [-0.2, 0) is 4.79 Å². The van der Waals surface area contributed by atoms with Crippen molar-refractivity contribution < 1.29 is 9.18 Å². The first-order chi connectivity index (χ1) is 12.9. The highest BCUT2D eigenvalue weighted by molar-refractivity contribution is 14.0. The zero-order chi connectivity index (χ0) is 19.8. The van der Waals surface area contributed by atoms with Crippen LogP contribution in [0.3, 0.4) is 0 Å². The van der Waals surface area contributed by atoms with Crippen molar-refractivity contribution in [2.45, 2.75) is 45.2 Å². The molecule has 1 aliphatic heterocycles. The van der Waals surface area contributed by atoms with Crippen LogP contribution in [0, 0.1) is 5.82 Å². The van der Waals surface area contributed by atoms with Crippen LogP contribution in [0.1, 0.15) is 33.1 Å². The van der Waals surface area contributed by atoms with Gasteiger partial charge in [-0.2, -0.15) is 0 Å². The molecule has 0 saturated carbocycles. The van der Waals surface area contributed by atoms with Gasteiger partial charge in [0.2, 0.25) is 5.91 Å². The van der Waals surface area contributed by atoms with Crippen molar-refractivity contribution in [3.05, 3.63) is 30.1 Å². The van der Waals surface area contributed by atoms with E-state index in [9.17, 15) is 9.18 Å². The Balaban J connectivity index is 0.00000392. The van der Waals surface area contributed by atoms with Crippen LogP contribution in [-0.4, -0.2) is 62.6 Å². The van der Waals surface area contributed by atoms with Crippen LogP contribution in [0.2, 0.25) is 0 Å². The first-order valence-corrected chi connectivity index (χ1v) is 9.67. The van der Waals surface area contributed by atoms with Crippen molar-refractivity contribution >= 4 is 41.5 Å². The number of rotatable bonds is 6. The number of piperidine rings is 1. The maximum Gasteiger partial charge on any atom is 0.243 e. The summed E-state index contributed by atoms with van der Waals surface area (Å²) in [7, 11) is 3.45. The third-order valence-electron chi connectivity index (χ3n) is 4.82. The lowest BCUT2D eigenvalue weighted by Gasteiger charge is -2.35. The Morgan fingerprint density at radius 3 is 2.75 bits per heavy atom. The minimum absolute atomic E-state index is 0. The lowest BCUT2D eigenvalue weighted by molar-refractivity contribution is -0.127. The fraction of sp³-hybridized carbons (Fsp3) is 0.600. The number of nitrogens with zero attached hydrogens (tertiary/aromatic N) is 3. The number of amides is 1. The number of nitrogens with one attached hydrogen (secondary N) is 2. The van der Waals surface area contributed by atoms with Gasteiger partial charge < -0.3 is 20.4 Å². The van der Waals surface area contributed by atoms with E-state index in [0.717, 1.165) is 25.8 Å². The summed E-state index contributed by atoms with van der Waals surface area (Å²) in [5.41, 5.74) is 0.639. The second-order valence-electron chi connectivity index (χ2n) is 7.29. The molecule has 28 heavy (non-hydrogen) atoms. The molecule has 0 bridgehead atoms. The largest absolute Gasteiger partial charge is 0.367 e. The molecule has 0 aromatic heterocycles. The first-order valence-electron chi connectivity index (χ1n) is 9.67. The highest BCUT2D eigenvalue weighted by Gasteiger charge is 2.23. The van der Waals surface area contributed by atoms with Gasteiger partial charge in [0.1, 0.15) is 12.4 Å². The number of guanidine groups is 1. The second-order valence-corrected chi connectivity index (χ2v) is 7.29. The third-order valence-corrected chi connectivity index (χ3v) is 4.82. The number of carbonyl (C=O) groups excluding carboxylic acids is 1. The van der Waals surface area contributed by atoms with Crippen LogP contribution in [0.25, 0.3) is 0 Å². The van der Waals surface area contributed by atoms with Gasteiger partial charge in [-0.25, -0.2) is 9.38 Å². The van der Waals surface area contributed by atoms with Gasteiger partial charge in [-0.3, -0.25) is 4.79 Å².